The molecule has 1 aromatic carbocycles. The van der Waals surface area contributed by atoms with Crippen molar-refractivity contribution in [3.63, 3.8) is 0 Å². The summed E-state index contributed by atoms with van der Waals surface area (Å²) in [6.07, 6.45) is 1.86. The number of nitrogens with one attached hydrogen (secondary N) is 1. The first-order valence-corrected chi connectivity index (χ1v) is 10.4. The largest absolute Gasteiger partial charge is 0.497 e. The van der Waals surface area contributed by atoms with Crippen LogP contribution in [0.5, 0.6) is 5.75 Å². The van der Waals surface area contributed by atoms with Gasteiger partial charge in [0.1, 0.15) is 5.75 Å². The number of nitrogens with zero attached hydrogens (tertiary/aromatic N) is 3. The van der Waals surface area contributed by atoms with E-state index in [2.05, 4.69) is 15.2 Å². The highest BCUT2D eigenvalue weighted by Crippen LogP contribution is 2.13. The van der Waals surface area contributed by atoms with Crippen LogP contribution in [0.25, 0.3) is 0 Å². The Morgan fingerprint density at radius 3 is 2.69 bits per heavy atom. The molecule has 2 aromatic rings. The molecule has 0 bridgehead atoms. The number of amides is 2. The second-order valence-corrected chi connectivity index (χ2v) is 7.57. The van der Waals surface area contributed by atoms with Crippen molar-refractivity contribution in [1.29, 1.82) is 0 Å². The van der Waals surface area contributed by atoms with Crippen LogP contribution in [0.4, 0.5) is 5.13 Å². The van der Waals surface area contributed by atoms with Crippen LogP contribution < -0.4 is 10.1 Å². The average Bonchev–Trinajstić information content (AvgIpc) is 3.25. The molecule has 1 N–H and O–H groups in total. The van der Waals surface area contributed by atoms with Gasteiger partial charge in [0.25, 0.3) is 0 Å². The topological polar surface area (TPSA) is 84.0 Å². The number of thiazole rings is 1. The molecule has 0 unspecified atom stereocenters. The first-order valence-electron chi connectivity index (χ1n) is 9.54. The SMILES string of the molecule is COc1ccc(CC(=O)N(CCN2CCOCC2)CC(=O)Nc2nccs2)cc1. The molecule has 156 valence electrons. The molecule has 9 heteroatoms. The van der Waals surface area contributed by atoms with Crippen LogP contribution >= 0.6 is 11.3 Å². The van der Waals surface area contributed by atoms with Gasteiger partial charge < -0.3 is 19.7 Å². The monoisotopic (exact) mass is 418 g/mol. The highest BCUT2D eigenvalue weighted by molar-refractivity contribution is 7.13. The average molecular weight is 419 g/mol. The van der Waals surface area contributed by atoms with Crippen molar-refractivity contribution in [2.45, 2.75) is 6.42 Å². The molecule has 3 rings (SSSR count). The lowest BCUT2D eigenvalue weighted by molar-refractivity contribution is -0.134. The maximum absolute atomic E-state index is 12.9. The van der Waals surface area contributed by atoms with Gasteiger partial charge in [0.05, 0.1) is 33.3 Å². The predicted molar refractivity (Wildman–Crippen MR) is 111 cm³/mol. The summed E-state index contributed by atoms with van der Waals surface area (Å²) in [5.74, 6) is 0.413. The Morgan fingerprint density at radius 2 is 2.03 bits per heavy atom. The fraction of sp³-hybridized carbons (Fsp3) is 0.450. The summed E-state index contributed by atoms with van der Waals surface area (Å²) in [5, 5.41) is 5.07. The maximum Gasteiger partial charge on any atom is 0.245 e. The Bertz CT molecular complexity index is 776. The zero-order valence-electron chi connectivity index (χ0n) is 16.5. The number of ether oxygens (including phenoxy) is 2. The number of hydrogen-bond acceptors (Lipinski definition) is 7. The maximum atomic E-state index is 12.9. The molecule has 1 aliphatic rings. The summed E-state index contributed by atoms with van der Waals surface area (Å²) in [6.45, 7) is 4.27. The van der Waals surface area contributed by atoms with Crippen molar-refractivity contribution >= 4 is 28.3 Å². The molecule has 1 fully saturated rings. The molecular weight excluding hydrogens is 392 g/mol. The number of anilines is 1. The van der Waals surface area contributed by atoms with Crippen LogP contribution in [0.1, 0.15) is 5.56 Å². The normalized spacial score (nSPS) is 14.4. The lowest BCUT2D eigenvalue weighted by Crippen LogP contribution is -2.45. The van der Waals surface area contributed by atoms with Gasteiger partial charge in [-0.15, -0.1) is 11.3 Å². The van der Waals surface area contributed by atoms with Crippen LogP contribution in [0, 0.1) is 0 Å². The molecule has 1 aromatic heterocycles. The van der Waals surface area contributed by atoms with Gasteiger partial charge in [0, 0.05) is 37.8 Å². The van der Waals surface area contributed by atoms with E-state index >= 15 is 0 Å². The standard InChI is InChI=1S/C20H26N4O4S/c1-27-17-4-2-16(3-5-17)14-19(26)24(8-7-23-9-11-28-12-10-23)15-18(25)22-20-21-6-13-29-20/h2-6,13H,7-12,14-15H2,1H3,(H,21,22,25). The zero-order chi connectivity index (χ0) is 20.5. The number of carbonyl (C=O) groups excluding carboxylic acids is 2. The Hall–Kier alpha value is -2.49. The van der Waals surface area contributed by atoms with E-state index in [9.17, 15) is 9.59 Å². The highest BCUT2D eigenvalue weighted by atomic mass is 32.1. The number of aromatic nitrogens is 1. The van der Waals surface area contributed by atoms with Gasteiger partial charge in [-0.3, -0.25) is 14.5 Å². The molecule has 0 saturated carbocycles. The Balaban J connectivity index is 1.60. The van der Waals surface area contributed by atoms with Crippen LogP contribution in [0.3, 0.4) is 0 Å². The van der Waals surface area contributed by atoms with E-state index < -0.39 is 0 Å². The van der Waals surface area contributed by atoms with Crippen LogP contribution in [0.2, 0.25) is 0 Å². The lowest BCUT2D eigenvalue weighted by atomic mass is 10.1. The highest BCUT2D eigenvalue weighted by Gasteiger charge is 2.20. The van der Waals surface area contributed by atoms with Crippen molar-refractivity contribution in [2.75, 3.05) is 58.4 Å². The number of benzene rings is 1. The molecule has 2 amide bonds. The summed E-state index contributed by atoms with van der Waals surface area (Å²) < 4.78 is 10.5. The van der Waals surface area contributed by atoms with Crippen molar-refractivity contribution in [3.05, 3.63) is 41.4 Å². The van der Waals surface area contributed by atoms with Crippen LogP contribution in [0.15, 0.2) is 35.8 Å². The van der Waals surface area contributed by atoms with Gasteiger partial charge in [-0.2, -0.15) is 0 Å². The van der Waals surface area contributed by atoms with E-state index in [0.29, 0.717) is 31.4 Å². The number of hydrogen-bond donors (Lipinski definition) is 1. The molecule has 0 aliphatic carbocycles. The second-order valence-electron chi connectivity index (χ2n) is 6.68. The Morgan fingerprint density at radius 1 is 1.28 bits per heavy atom. The molecule has 1 saturated heterocycles. The third kappa shape index (κ3) is 6.81. The predicted octanol–water partition coefficient (Wildman–Crippen LogP) is 1.49. The van der Waals surface area contributed by atoms with Gasteiger partial charge >= 0.3 is 0 Å². The minimum absolute atomic E-state index is 0.00108. The fourth-order valence-corrected chi connectivity index (χ4v) is 3.57. The van der Waals surface area contributed by atoms with E-state index in [4.69, 9.17) is 9.47 Å². The van der Waals surface area contributed by atoms with Gasteiger partial charge in [0.2, 0.25) is 11.8 Å². The van der Waals surface area contributed by atoms with Crippen molar-refractivity contribution < 1.29 is 19.1 Å². The number of rotatable bonds is 9. The summed E-state index contributed by atoms with van der Waals surface area (Å²) in [4.78, 5) is 33.3. The Labute approximate surface area is 174 Å². The van der Waals surface area contributed by atoms with Gasteiger partial charge in [-0.05, 0) is 17.7 Å². The number of morpholine rings is 1. The van der Waals surface area contributed by atoms with Crippen molar-refractivity contribution in [1.82, 2.24) is 14.8 Å². The molecule has 1 aliphatic heterocycles. The summed E-state index contributed by atoms with van der Waals surface area (Å²) >= 11 is 1.35. The minimum Gasteiger partial charge on any atom is -0.497 e. The third-order valence-corrected chi connectivity index (χ3v) is 5.36. The van der Waals surface area contributed by atoms with Crippen LogP contribution in [-0.2, 0) is 20.7 Å². The van der Waals surface area contributed by atoms with E-state index in [-0.39, 0.29) is 24.8 Å². The second kappa shape index (κ2) is 10.9. The summed E-state index contributed by atoms with van der Waals surface area (Å²) in [6, 6.07) is 7.39. The number of methoxy groups -OCH3 is 1. The number of carbonyl (C=O) groups is 2. The van der Waals surface area contributed by atoms with Crippen molar-refractivity contribution in [3.8, 4) is 5.75 Å². The smallest absolute Gasteiger partial charge is 0.245 e. The van der Waals surface area contributed by atoms with E-state index in [0.717, 1.165) is 24.4 Å². The Kier molecular flexibility index (Phi) is 7.97. The molecule has 0 spiro atoms. The fourth-order valence-electron chi connectivity index (χ4n) is 3.03. The first kappa shape index (κ1) is 21.2. The van der Waals surface area contributed by atoms with Gasteiger partial charge in [0.15, 0.2) is 5.13 Å². The quantitative estimate of drug-likeness (QED) is 0.664. The minimum atomic E-state index is -0.245. The first-order chi connectivity index (χ1) is 14.1. The molecule has 8 nitrogen and oxygen atoms in total. The van der Waals surface area contributed by atoms with Crippen LogP contribution in [-0.4, -0.2) is 79.6 Å². The molecule has 0 atom stereocenters. The summed E-state index contributed by atoms with van der Waals surface area (Å²) in [5.41, 5.74) is 0.882. The molecule has 0 radical (unpaired) electrons. The van der Waals surface area contributed by atoms with E-state index in [1.54, 1.807) is 23.6 Å². The molecule has 2 heterocycles. The molecular formula is C20H26N4O4S. The third-order valence-electron chi connectivity index (χ3n) is 4.67. The molecule has 29 heavy (non-hydrogen) atoms. The summed E-state index contributed by atoms with van der Waals surface area (Å²) in [7, 11) is 1.61. The van der Waals surface area contributed by atoms with E-state index in [1.165, 1.54) is 11.3 Å². The zero-order valence-corrected chi connectivity index (χ0v) is 17.3. The van der Waals surface area contributed by atoms with Crippen molar-refractivity contribution in [2.24, 2.45) is 0 Å². The van der Waals surface area contributed by atoms with E-state index in [1.807, 2.05) is 24.3 Å². The lowest BCUT2D eigenvalue weighted by Gasteiger charge is -2.30. The van der Waals surface area contributed by atoms with Gasteiger partial charge in [-0.25, -0.2) is 4.98 Å². The van der Waals surface area contributed by atoms with Gasteiger partial charge in [-0.1, -0.05) is 12.1 Å².